The molecule has 2 heterocycles. The molecule has 1 N–H and O–H groups in total. The highest BCUT2D eigenvalue weighted by atomic mass is 32.2. The van der Waals surface area contributed by atoms with Gasteiger partial charge in [0.1, 0.15) is 0 Å². The van der Waals surface area contributed by atoms with E-state index in [1.165, 1.54) is 11.4 Å². The lowest BCUT2D eigenvalue weighted by Crippen LogP contribution is -2.32. The monoisotopic (exact) mass is 295 g/mol. The van der Waals surface area contributed by atoms with Gasteiger partial charge in [-0.1, -0.05) is 13.0 Å². The summed E-state index contributed by atoms with van der Waals surface area (Å²) in [6.45, 7) is 2.70. The fourth-order valence-electron chi connectivity index (χ4n) is 1.56. The van der Waals surface area contributed by atoms with Gasteiger partial charge in [0.05, 0.1) is 6.54 Å². The molecule has 7 nitrogen and oxygen atoms in total. The van der Waals surface area contributed by atoms with Gasteiger partial charge in [-0.15, -0.1) is 0 Å². The molecule has 2 aromatic heterocycles. The van der Waals surface area contributed by atoms with Crippen molar-refractivity contribution in [3.63, 3.8) is 0 Å². The molecule has 8 heteroatoms. The molecular weight excluding hydrogens is 278 g/mol. The summed E-state index contributed by atoms with van der Waals surface area (Å²) in [5, 5.41) is 4.18. The topological polar surface area (TPSA) is 80.1 Å². The lowest BCUT2D eigenvalue weighted by atomic mass is 10.3. The van der Waals surface area contributed by atoms with Gasteiger partial charge >= 0.3 is 10.2 Å². The number of aromatic nitrogens is 3. The average molecular weight is 295 g/mol. The Labute approximate surface area is 118 Å². The van der Waals surface area contributed by atoms with Crippen molar-refractivity contribution in [1.82, 2.24) is 19.1 Å². The molecule has 0 saturated heterocycles. The van der Waals surface area contributed by atoms with Crippen LogP contribution in [0.15, 0.2) is 36.8 Å². The molecule has 0 unspecified atom stereocenters. The zero-order chi connectivity index (χ0) is 14.6. The van der Waals surface area contributed by atoms with Crippen LogP contribution in [0, 0.1) is 0 Å². The quantitative estimate of drug-likeness (QED) is 0.860. The second-order valence-electron chi connectivity index (χ2n) is 4.28. The van der Waals surface area contributed by atoms with E-state index in [2.05, 4.69) is 14.8 Å². The Bertz CT molecular complexity index is 653. The highest BCUT2D eigenvalue weighted by molar-refractivity contribution is 7.90. The smallest absolute Gasteiger partial charge is 0.266 e. The zero-order valence-electron chi connectivity index (χ0n) is 11.4. The predicted octanol–water partition coefficient (Wildman–Crippen LogP) is 0.935. The number of anilines is 1. The van der Waals surface area contributed by atoms with Gasteiger partial charge in [0.2, 0.25) is 0 Å². The van der Waals surface area contributed by atoms with Crippen LogP contribution in [-0.2, 0) is 16.8 Å². The summed E-state index contributed by atoms with van der Waals surface area (Å²) in [4.78, 5) is 4.02. The molecule has 0 aliphatic rings. The molecule has 108 valence electrons. The highest BCUT2D eigenvalue weighted by Gasteiger charge is 2.16. The van der Waals surface area contributed by atoms with Crippen molar-refractivity contribution in [2.75, 3.05) is 18.3 Å². The largest absolute Gasteiger partial charge is 0.302 e. The summed E-state index contributed by atoms with van der Waals surface area (Å²) in [6.07, 6.45) is 5.17. The summed E-state index contributed by atoms with van der Waals surface area (Å²) < 4.78 is 29.0. The van der Waals surface area contributed by atoms with Gasteiger partial charge in [-0.05, 0) is 11.6 Å². The van der Waals surface area contributed by atoms with Gasteiger partial charge in [0.25, 0.3) is 0 Å². The molecule has 0 bridgehead atoms. The van der Waals surface area contributed by atoms with Crippen LogP contribution in [0.4, 0.5) is 5.82 Å². The number of hydrogen-bond donors (Lipinski definition) is 1. The molecule has 2 rings (SSSR count). The summed E-state index contributed by atoms with van der Waals surface area (Å²) in [6, 6.07) is 5.40. The maximum atomic E-state index is 11.9. The molecule has 0 aliphatic heterocycles. The molecule has 0 saturated carbocycles. The van der Waals surface area contributed by atoms with E-state index in [1.54, 1.807) is 36.3 Å². The SMILES string of the molecule is CCN(C)S(=O)(=O)Nc1ccn(Cc2cccnc2)n1. The second kappa shape index (κ2) is 6.02. The fraction of sp³-hybridized carbons (Fsp3) is 0.333. The van der Waals surface area contributed by atoms with Crippen LogP contribution in [0.3, 0.4) is 0 Å². The number of hydrogen-bond acceptors (Lipinski definition) is 4. The Morgan fingerprint density at radius 1 is 1.40 bits per heavy atom. The normalized spacial score (nSPS) is 11.8. The minimum atomic E-state index is -3.53. The first kappa shape index (κ1) is 14.5. The van der Waals surface area contributed by atoms with Crippen molar-refractivity contribution < 1.29 is 8.42 Å². The first-order valence-corrected chi connectivity index (χ1v) is 7.61. The van der Waals surface area contributed by atoms with E-state index in [0.29, 0.717) is 18.9 Å². The van der Waals surface area contributed by atoms with Gasteiger partial charge in [-0.25, -0.2) is 0 Å². The van der Waals surface area contributed by atoms with Crippen molar-refractivity contribution in [1.29, 1.82) is 0 Å². The second-order valence-corrected chi connectivity index (χ2v) is 6.06. The van der Waals surface area contributed by atoms with Crippen LogP contribution in [0.5, 0.6) is 0 Å². The van der Waals surface area contributed by atoms with Gasteiger partial charge in [-0.3, -0.25) is 14.4 Å². The lowest BCUT2D eigenvalue weighted by Gasteiger charge is -2.14. The van der Waals surface area contributed by atoms with E-state index < -0.39 is 10.2 Å². The van der Waals surface area contributed by atoms with Gasteiger partial charge in [0, 0.05) is 38.2 Å². The summed E-state index contributed by atoms with van der Waals surface area (Å²) >= 11 is 0. The minimum Gasteiger partial charge on any atom is -0.266 e. The number of nitrogens with one attached hydrogen (secondary N) is 1. The third-order valence-corrected chi connectivity index (χ3v) is 4.34. The first-order valence-electron chi connectivity index (χ1n) is 6.17. The van der Waals surface area contributed by atoms with Crippen LogP contribution in [0.25, 0.3) is 0 Å². The maximum Gasteiger partial charge on any atom is 0.302 e. The molecule has 0 aliphatic carbocycles. The van der Waals surface area contributed by atoms with E-state index in [1.807, 2.05) is 12.1 Å². The number of pyridine rings is 1. The summed E-state index contributed by atoms with van der Waals surface area (Å²) in [7, 11) is -2.02. The molecule has 0 radical (unpaired) electrons. The molecule has 0 fully saturated rings. The molecule has 0 amide bonds. The van der Waals surface area contributed by atoms with E-state index >= 15 is 0 Å². The minimum absolute atomic E-state index is 0.300. The van der Waals surface area contributed by atoms with E-state index in [9.17, 15) is 8.42 Å². The fourth-order valence-corrected chi connectivity index (χ4v) is 2.43. The highest BCUT2D eigenvalue weighted by Crippen LogP contribution is 2.09. The summed E-state index contributed by atoms with van der Waals surface area (Å²) in [5.74, 6) is 0.300. The first-order chi connectivity index (χ1) is 9.51. The predicted molar refractivity (Wildman–Crippen MR) is 76.4 cm³/mol. The average Bonchev–Trinajstić information content (AvgIpc) is 2.85. The third-order valence-electron chi connectivity index (χ3n) is 2.80. The van der Waals surface area contributed by atoms with E-state index in [0.717, 1.165) is 5.56 Å². The Morgan fingerprint density at radius 3 is 2.85 bits per heavy atom. The van der Waals surface area contributed by atoms with Crippen molar-refractivity contribution in [2.45, 2.75) is 13.5 Å². The van der Waals surface area contributed by atoms with Crippen molar-refractivity contribution in [3.05, 3.63) is 42.4 Å². The van der Waals surface area contributed by atoms with Crippen LogP contribution >= 0.6 is 0 Å². The zero-order valence-corrected chi connectivity index (χ0v) is 12.2. The Morgan fingerprint density at radius 2 is 2.20 bits per heavy atom. The van der Waals surface area contributed by atoms with Crippen molar-refractivity contribution in [2.24, 2.45) is 0 Å². The summed E-state index contributed by atoms with van der Waals surface area (Å²) in [5.41, 5.74) is 0.996. The standard InChI is InChI=1S/C12H17N5O2S/c1-3-16(2)20(18,19)15-12-6-8-17(14-12)10-11-5-4-7-13-9-11/h4-9H,3,10H2,1-2H3,(H,14,15). The van der Waals surface area contributed by atoms with Crippen molar-refractivity contribution >= 4 is 16.0 Å². The molecule has 0 spiro atoms. The van der Waals surface area contributed by atoms with Crippen LogP contribution in [-0.4, -0.2) is 41.1 Å². The van der Waals surface area contributed by atoms with Crippen LogP contribution in [0.1, 0.15) is 12.5 Å². The number of rotatable bonds is 6. The molecule has 0 atom stereocenters. The van der Waals surface area contributed by atoms with Gasteiger partial charge in [0.15, 0.2) is 5.82 Å². The molecular formula is C12H17N5O2S. The molecule has 0 aromatic carbocycles. The molecule has 2 aromatic rings. The van der Waals surface area contributed by atoms with Gasteiger partial charge < -0.3 is 0 Å². The molecule has 20 heavy (non-hydrogen) atoms. The van der Waals surface area contributed by atoms with Gasteiger partial charge in [-0.2, -0.15) is 17.8 Å². The van der Waals surface area contributed by atoms with Crippen LogP contribution < -0.4 is 4.72 Å². The van der Waals surface area contributed by atoms with E-state index in [4.69, 9.17) is 0 Å². The Hall–Kier alpha value is -1.93. The maximum absolute atomic E-state index is 11.9. The Kier molecular flexibility index (Phi) is 4.35. The Balaban J connectivity index is 2.06. The van der Waals surface area contributed by atoms with E-state index in [-0.39, 0.29) is 0 Å². The van der Waals surface area contributed by atoms with Crippen molar-refractivity contribution in [3.8, 4) is 0 Å². The lowest BCUT2D eigenvalue weighted by molar-refractivity contribution is 0.491. The number of nitrogens with zero attached hydrogens (tertiary/aromatic N) is 4. The third kappa shape index (κ3) is 3.55. The van der Waals surface area contributed by atoms with Crippen LogP contribution in [0.2, 0.25) is 0 Å².